The number of nitrogens with zero attached hydrogens (tertiary/aromatic N) is 2. The highest BCUT2D eigenvalue weighted by Gasteiger charge is 2.63. The molecule has 16 heteroatoms. The molecule has 2 amide bonds. The fraction of sp³-hybridized carbons (Fsp3) is 0.348. The molecule has 0 saturated carbocycles. The zero-order valence-corrected chi connectivity index (χ0v) is 20.8. The van der Waals surface area contributed by atoms with Crippen molar-refractivity contribution < 1.29 is 54.2 Å². The Morgan fingerprint density at radius 1 is 1.03 bits per heavy atom. The second-order valence-corrected chi connectivity index (χ2v) is 9.11. The van der Waals surface area contributed by atoms with Gasteiger partial charge >= 0.3 is 29.6 Å². The number of methoxy groups -OCH3 is 1. The first-order valence-corrected chi connectivity index (χ1v) is 11.8. The van der Waals surface area contributed by atoms with Crippen LogP contribution in [0.3, 0.4) is 0 Å². The van der Waals surface area contributed by atoms with Crippen LogP contribution in [0.15, 0.2) is 47.6 Å². The molecule has 0 saturated heterocycles. The molecule has 1 N–H and O–H groups in total. The highest BCUT2D eigenvalue weighted by molar-refractivity contribution is 8.14. The van der Waals surface area contributed by atoms with E-state index in [1.807, 2.05) is 0 Å². The molecule has 0 bridgehead atoms. The van der Waals surface area contributed by atoms with Crippen LogP contribution in [0.1, 0.15) is 24.5 Å². The molecule has 0 spiro atoms. The van der Waals surface area contributed by atoms with Crippen LogP contribution in [-0.2, 0) is 11.3 Å². The van der Waals surface area contributed by atoms with Crippen LogP contribution in [-0.4, -0.2) is 52.7 Å². The molecule has 3 rings (SSSR count). The number of amides is 2. The molecule has 39 heavy (non-hydrogen) atoms. The largest absolute Gasteiger partial charge is 0.573 e. The van der Waals surface area contributed by atoms with Crippen molar-refractivity contribution in [3.05, 3.63) is 53.6 Å². The molecule has 2 aromatic rings. The fourth-order valence-electron chi connectivity index (χ4n) is 3.34. The number of halogens is 8. The van der Waals surface area contributed by atoms with E-state index in [1.165, 1.54) is 36.7 Å². The molecule has 212 valence electrons. The lowest BCUT2D eigenvalue weighted by molar-refractivity contribution is -0.275. The molecule has 0 aromatic heterocycles. The number of hydrazone groups is 1. The Labute approximate surface area is 220 Å². The lowest BCUT2D eigenvalue weighted by Gasteiger charge is -2.28. The third kappa shape index (κ3) is 7.10. The summed E-state index contributed by atoms with van der Waals surface area (Å²) in [6, 6.07) is 8.44. The molecular formula is C23H19F8N3O4S. The predicted octanol–water partition coefficient (Wildman–Crippen LogP) is 6.58. The summed E-state index contributed by atoms with van der Waals surface area (Å²) < 4.78 is 111. The lowest BCUT2D eigenvalue weighted by Crippen LogP contribution is -2.47. The van der Waals surface area contributed by atoms with Crippen molar-refractivity contribution in [1.82, 2.24) is 5.01 Å². The molecule has 1 aliphatic heterocycles. The first-order valence-electron chi connectivity index (χ1n) is 10.9. The van der Waals surface area contributed by atoms with E-state index in [0.717, 1.165) is 35.0 Å². The summed E-state index contributed by atoms with van der Waals surface area (Å²) in [6.07, 6.45) is -10.7. The third-order valence-electron chi connectivity index (χ3n) is 5.23. The van der Waals surface area contributed by atoms with Crippen molar-refractivity contribution in [2.24, 2.45) is 5.10 Å². The van der Waals surface area contributed by atoms with Crippen LogP contribution >= 0.6 is 11.8 Å². The van der Waals surface area contributed by atoms with Crippen LogP contribution in [0.4, 0.5) is 45.6 Å². The highest BCUT2D eigenvalue weighted by Crippen LogP contribution is 2.37. The second-order valence-electron chi connectivity index (χ2n) is 7.96. The first-order chi connectivity index (χ1) is 18.1. The number of thioether (sulfide) groups is 1. The van der Waals surface area contributed by atoms with Gasteiger partial charge in [0.25, 0.3) is 0 Å². The van der Waals surface area contributed by atoms with Gasteiger partial charge in [0.1, 0.15) is 0 Å². The van der Waals surface area contributed by atoms with Gasteiger partial charge in [-0.25, -0.2) is 5.01 Å². The van der Waals surface area contributed by atoms with Crippen molar-refractivity contribution in [2.45, 2.75) is 43.6 Å². The Balaban J connectivity index is 1.84. The number of anilines is 1. The summed E-state index contributed by atoms with van der Waals surface area (Å²) in [5.74, 6) is -8.95. The van der Waals surface area contributed by atoms with E-state index in [9.17, 15) is 44.7 Å². The van der Waals surface area contributed by atoms with Crippen LogP contribution in [0, 0.1) is 0 Å². The molecule has 0 fully saturated rings. The Morgan fingerprint density at radius 3 is 2.21 bits per heavy atom. The average Bonchev–Trinajstić information content (AvgIpc) is 2.84. The molecule has 1 atom stereocenters. The first kappa shape index (κ1) is 30.0. The molecule has 1 unspecified atom stereocenters. The summed E-state index contributed by atoms with van der Waals surface area (Å²) in [4.78, 5) is 24.0. The monoisotopic (exact) mass is 585 g/mol. The van der Waals surface area contributed by atoms with E-state index < -0.39 is 40.6 Å². The number of carbonyl (C=O) groups is 2. The van der Waals surface area contributed by atoms with Gasteiger partial charge in [0.15, 0.2) is 11.5 Å². The van der Waals surface area contributed by atoms with Crippen molar-refractivity contribution in [3.8, 4) is 11.5 Å². The number of rotatable bonds is 8. The van der Waals surface area contributed by atoms with Crippen molar-refractivity contribution in [1.29, 1.82) is 0 Å². The number of hydrogen-bond donors (Lipinski definition) is 1. The summed E-state index contributed by atoms with van der Waals surface area (Å²) in [6.45, 7) is 1.57. The molecule has 2 aromatic carbocycles. The van der Waals surface area contributed by atoms with Gasteiger partial charge in [-0.3, -0.25) is 9.59 Å². The van der Waals surface area contributed by atoms with Gasteiger partial charge in [0.05, 0.1) is 24.6 Å². The van der Waals surface area contributed by atoms with Crippen LogP contribution in [0.2, 0.25) is 0 Å². The number of nitrogens with one attached hydrogen (secondary N) is 1. The zero-order valence-electron chi connectivity index (χ0n) is 20.0. The maximum absolute atomic E-state index is 13.2. The normalized spacial score (nSPS) is 16.6. The van der Waals surface area contributed by atoms with Crippen molar-refractivity contribution in [2.75, 3.05) is 12.4 Å². The zero-order chi connectivity index (χ0) is 29.2. The predicted molar refractivity (Wildman–Crippen MR) is 125 cm³/mol. The maximum Gasteiger partial charge on any atom is 0.573 e. The Morgan fingerprint density at radius 2 is 1.67 bits per heavy atom. The SMILES string of the molecule is CCC1SC(=O)N(Cc2ccc(NC(=O)C(F)(F)C(F)(F)F)cc2)N=C1c1ccc(OC)c(OC(F)(F)F)c1. The highest BCUT2D eigenvalue weighted by atomic mass is 32.2. The minimum Gasteiger partial charge on any atom is -0.493 e. The van der Waals surface area contributed by atoms with Gasteiger partial charge in [-0.15, -0.1) is 13.2 Å². The van der Waals surface area contributed by atoms with Crippen LogP contribution < -0.4 is 14.8 Å². The molecular weight excluding hydrogens is 566 g/mol. The summed E-state index contributed by atoms with van der Waals surface area (Å²) in [5.41, 5.74) is 0.515. The van der Waals surface area contributed by atoms with E-state index in [1.54, 1.807) is 6.92 Å². The Hall–Kier alpha value is -3.56. The van der Waals surface area contributed by atoms with Gasteiger partial charge in [-0.2, -0.15) is 27.1 Å². The van der Waals surface area contributed by atoms with E-state index in [2.05, 4.69) is 9.84 Å². The van der Waals surface area contributed by atoms with Gasteiger partial charge < -0.3 is 14.8 Å². The van der Waals surface area contributed by atoms with Crippen molar-refractivity contribution >= 4 is 34.3 Å². The van der Waals surface area contributed by atoms with Gasteiger partial charge in [-0.1, -0.05) is 30.8 Å². The number of ether oxygens (including phenoxy) is 2. The lowest BCUT2D eigenvalue weighted by atomic mass is 10.0. The quantitative estimate of drug-likeness (QED) is 0.354. The molecule has 1 aliphatic rings. The topological polar surface area (TPSA) is 80.2 Å². The fourth-order valence-corrected chi connectivity index (χ4v) is 4.27. The third-order valence-corrected chi connectivity index (χ3v) is 6.48. The van der Waals surface area contributed by atoms with Gasteiger partial charge in [0.2, 0.25) is 0 Å². The molecule has 1 heterocycles. The number of alkyl halides is 8. The van der Waals surface area contributed by atoms with Gasteiger partial charge in [-0.05, 0) is 42.3 Å². The van der Waals surface area contributed by atoms with Gasteiger partial charge in [0, 0.05) is 11.3 Å². The smallest absolute Gasteiger partial charge is 0.493 e. The minimum atomic E-state index is -6.07. The second kappa shape index (κ2) is 11.3. The Kier molecular flexibility index (Phi) is 8.67. The van der Waals surface area contributed by atoms with Crippen LogP contribution in [0.5, 0.6) is 11.5 Å². The molecule has 7 nitrogen and oxygen atoms in total. The van der Waals surface area contributed by atoms with E-state index in [4.69, 9.17) is 4.74 Å². The summed E-state index contributed by atoms with van der Waals surface area (Å²) >= 11 is 0.877. The average molecular weight is 585 g/mol. The summed E-state index contributed by atoms with van der Waals surface area (Å²) in [5, 5.41) is 5.81. The van der Waals surface area contributed by atoms with E-state index >= 15 is 0 Å². The van der Waals surface area contributed by atoms with E-state index in [-0.39, 0.29) is 29.3 Å². The summed E-state index contributed by atoms with van der Waals surface area (Å²) in [7, 11) is 1.17. The standard InChI is InChI=1S/C23H19F8N3O4S/c1-3-17-18(13-6-9-15(37-2)16(10-13)38-23(29,30)31)33-34(20(36)39-17)11-12-4-7-14(8-5-12)32-19(35)21(24,25)22(26,27)28/h4-10,17H,3,11H2,1-2H3,(H,32,35). The van der Waals surface area contributed by atoms with Crippen molar-refractivity contribution in [3.63, 3.8) is 0 Å². The number of hydrogen-bond acceptors (Lipinski definition) is 6. The minimum absolute atomic E-state index is 0.179. The maximum atomic E-state index is 13.2. The Bertz CT molecular complexity index is 1250. The molecule has 0 radical (unpaired) electrons. The number of benzene rings is 2. The molecule has 0 aliphatic carbocycles. The number of carbonyl (C=O) groups excluding carboxylic acids is 2. The van der Waals surface area contributed by atoms with E-state index in [0.29, 0.717) is 12.0 Å². The van der Waals surface area contributed by atoms with Crippen LogP contribution in [0.25, 0.3) is 0 Å².